The summed E-state index contributed by atoms with van der Waals surface area (Å²) in [6, 6.07) is 0. The Hall–Kier alpha value is -0.340. The molecule has 2 nitrogen and oxygen atoms in total. The Morgan fingerprint density at radius 2 is 2.25 bits per heavy atom. The summed E-state index contributed by atoms with van der Waals surface area (Å²) < 4.78 is 0. The standard InChI is InChI=1S/C10H22N2/c1-5-7-12(4)9-10(3)8-11-6-2/h5,10-11H,1,6-9H2,2-4H3. The summed E-state index contributed by atoms with van der Waals surface area (Å²) in [7, 11) is 2.13. The van der Waals surface area contributed by atoms with Gasteiger partial charge < -0.3 is 10.2 Å². The van der Waals surface area contributed by atoms with Crippen molar-refractivity contribution in [3.8, 4) is 0 Å². The summed E-state index contributed by atoms with van der Waals surface area (Å²) in [4.78, 5) is 2.29. The van der Waals surface area contributed by atoms with Gasteiger partial charge in [-0.3, -0.25) is 0 Å². The van der Waals surface area contributed by atoms with E-state index >= 15 is 0 Å². The molecule has 72 valence electrons. The maximum absolute atomic E-state index is 3.71. The van der Waals surface area contributed by atoms with E-state index in [0.717, 1.165) is 32.1 Å². The van der Waals surface area contributed by atoms with E-state index in [0.29, 0.717) is 0 Å². The Bertz CT molecular complexity index is 112. The van der Waals surface area contributed by atoms with Crippen LogP contribution in [-0.4, -0.2) is 38.1 Å². The molecular weight excluding hydrogens is 148 g/mol. The molecule has 0 spiro atoms. The Morgan fingerprint density at radius 3 is 2.75 bits per heavy atom. The van der Waals surface area contributed by atoms with Crippen LogP contribution in [-0.2, 0) is 0 Å². The third kappa shape index (κ3) is 6.38. The Balaban J connectivity index is 3.39. The van der Waals surface area contributed by atoms with Crippen molar-refractivity contribution < 1.29 is 0 Å². The summed E-state index contributed by atoms with van der Waals surface area (Å²) >= 11 is 0. The van der Waals surface area contributed by atoms with Crippen molar-refractivity contribution in [3.05, 3.63) is 12.7 Å². The van der Waals surface area contributed by atoms with Crippen LogP contribution >= 0.6 is 0 Å². The van der Waals surface area contributed by atoms with Crippen molar-refractivity contribution >= 4 is 0 Å². The molecule has 0 aromatic heterocycles. The van der Waals surface area contributed by atoms with Crippen LogP contribution in [0, 0.1) is 5.92 Å². The first-order valence-corrected chi connectivity index (χ1v) is 4.70. The van der Waals surface area contributed by atoms with Crippen LogP contribution in [0.1, 0.15) is 13.8 Å². The third-order valence-corrected chi connectivity index (χ3v) is 1.81. The predicted octanol–water partition coefficient (Wildman–Crippen LogP) is 1.35. The average molecular weight is 170 g/mol. The third-order valence-electron chi connectivity index (χ3n) is 1.81. The van der Waals surface area contributed by atoms with Crippen molar-refractivity contribution in [3.63, 3.8) is 0 Å². The van der Waals surface area contributed by atoms with E-state index in [4.69, 9.17) is 0 Å². The smallest absolute Gasteiger partial charge is 0.0157 e. The molecule has 12 heavy (non-hydrogen) atoms. The maximum atomic E-state index is 3.71. The number of hydrogen-bond acceptors (Lipinski definition) is 2. The molecule has 1 atom stereocenters. The van der Waals surface area contributed by atoms with Crippen molar-refractivity contribution in [2.45, 2.75) is 13.8 Å². The summed E-state index contributed by atoms with van der Waals surface area (Å²) in [5, 5.41) is 3.34. The van der Waals surface area contributed by atoms with E-state index in [1.54, 1.807) is 0 Å². The minimum Gasteiger partial charge on any atom is -0.317 e. The molecule has 0 radical (unpaired) electrons. The topological polar surface area (TPSA) is 15.3 Å². The summed E-state index contributed by atoms with van der Waals surface area (Å²) in [5.41, 5.74) is 0. The number of likely N-dealkylation sites (N-methyl/N-ethyl adjacent to an activating group) is 1. The molecule has 0 aromatic rings. The Morgan fingerprint density at radius 1 is 1.58 bits per heavy atom. The minimum absolute atomic E-state index is 0.717. The molecule has 0 rings (SSSR count). The van der Waals surface area contributed by atoms with Gasteiger partial charge in [0.15, 0.2) is 0 Å². The molecule has 2 heteroatoms. The zero-order valence-electron chi connectivity index (χ0n) is 8.64. The first-order valence-electron chi connectivity index (χ1n) is 4.70. The fourth-order valence-corrected chi connectivity index (χ4v) is 1.28. The van der Waals surface area contributed by atoms with E-state index in [1.807, 2.05) is 6.08 Å². The second kappa shape index (κ2) is 7.32. The monoisotopic (exact) mass is 170 g/mol. The molecule has 0 heterocycles. The molecule has 1 unspecified atom stereocenters. The fraction of sp³-hybridized carbons (Fsp3) is 0.800. The molecule has 0 saturated carbocycles. The summed E-state index contributed by atoms with van der Waals surface area (Å²) in [6.07, 6.45) is 1.94. The Kier molecular flexibility index (Phi) is 7.11. The van der Waals surface area contributed by atoms with Gasteiger partial charge >= 0.3 is 0 Å². The van der Waals surface area contributed by atoms with Crippen molar-refractivity contribution in [1.82, 2.24) is 10.2 Å². The highest BCUT2D eigenvalue weighted by Gasteiger charge is 2.03. The van der Waals surface area contributed by atoms with Crippen molar-refractivity contribution in [2.24, 2.45) is 5.92 Å². The van der Waals surface area contributed by atoms with Gasteiger partial charge in [0.2, 0.25) is 0 Å². The van der Waals surface area contributed by atoms with Crippen LogP contribution in [0.15, 0.2) is 12.7 Å². The lowest BCUT2D eigenvalue weighted by Gasteiger charge is -2.19. The van der Waals surface area contributed by atoms with Gasteiger partial charge in [-0.25, -0.2) is 0 Å². The molecule has 0 fully saturated rings. The van der Waals surface area contributed by atoms with E-state index in [-0.39, 0.29) is 0 Å². The lowest BCUT2D eigenvalue weighted by molar-refractivity contribution is 0.306. The summed E-state index contributed by atoms with van der Waals surface area (Å²) in [5.74, 6) is 0.717. The van der Waals surface area contributed by atoms with E-state index in [1.165, 1.54) is 0 Å². The van der Waals surface area contributed by atoms with Crippen molar-refractivity contribution in [1.29, 1.82) is 0 Å². The van der Waals surface area contributed by atoms with Gasteiger partial charge in [0.25, 0.3) is 0 Å². The minimum atomic E-state index is 0.717. The normalized spacial score (nSPS) is 13.3. The number of hydrogen-bond donors (Lipinski definition) is 1. The van der Waals surface area contributed by atoms with Crippen LogP contribution in [0.3, 0.4) is 0 Å². The average Bonchev–Trinajstić information content (AvgIpc) is 2.01. The first kappa shape index (κ1) is 11.7. The predicted molar refractivity (Wildman–Crippen MR) is 55.4 cm³/mol. The molecular formula is C10H22N2. The van der Waals surface area contributed by atoms with Crippen LogP contribution in [0.5, 0.6) is 0 Å². The maximum Gasteiger partial charge on any atom is 0.0157 e. The van der Waals surface area contributed by atoms with Gasteiger partial charge in [0.1, 0.15) is 0 Å². The number of nitrogens with zero attached hydrogens (tertiary/aromatic N) is 1. The van der Waals surface area contributed by atoms with Gasteiger partial charge in [-0.15, -0.1) is 6.58 Å². The van der Waals surface area contributed by atoms with Crippen LogP contribution < -0.4 is 5.32 Å². The largest absolute Gasteiger partial charge is 0.317 e. The highest BCUT2D eigenvalue weighted by atomic mass is 15.1. The quantitative estimate of drug-likeness (QED) is 0.580. The van der Waals surface area contributed by atoms with Gasteiger partial charge in [-0.2, -0.15) is 0 Å². The van der Waals surface area contributed by atoms with Crippen molar-refractivity contribution in [2.75, 3.05) is 33.2 Å². The zero-order chi connectivity index (χ0) is 9.40. The molecule has 0 aromatic carbocycles. The molecule has 0 aliphatic rings. The van der Waals surface area contributed by atoms with Gasteiger partial charge in [-0.1, -0.05) is 19.9 Å². The second-order valence-corrected chi connectivity index (χ2v) is 3.42. The summed E-state index contributed by atoms with van der Waals surface area (Å²) in [6.45, 7) is 12.4. The lowest BCUT2D eigenvalue weighted by atomic mass is 10.1. The van der Waals surface area contributed by atoms with E-state index in [2.05, 4.69) is 37.7 Å². The molecule has 0 amide bonds. The SMILES string of the molecule is C=CCN(C)CC(C)CNCC. The number of nitrogens with one attached hydrogen (secondary N) is 1. The highest BCUT2D eigenvalue weighted by molar-refractivity contribution is 4.72. The van der Waals surface area contributed by atoms with Crippen LogP contribution in [0.25, 0.3) is 0 Å². The molecule has 0 saturated heterocycles. The molecule has 0 bridgehead atoms. The molecule has 1 N–H and O–H groups in total. The fourth-order valence-electron chi connectivity index (χ4n) is 1.28. The zero-order valence-corrected chi connectivity index (χ0v) is 8.64. The number of rotatable bonds is 7. The molecule has 0 aliphatic heterocycles. The lowest BCUT2D eigenvalue weighted by Crippen LogP contribution is -2.31. The van der Waals surface area contributed by atoms with Crippen LogP contribution in [0.4, 0.5) is 0 Å². The van der Waals surface area contributed by atoms with Crippen LogP contribution in [0.2, 0.25) is 0 Å². The van der Waals surface area contributed by atoms with E-state index in [9.17, 15) is 0 Å². The van der Waals surface area contributed by atoms with Gasteiger partial charge in [0.05, 0.1) is 0 Å². The van der Waals surface area contributed by atoms with Gasteiger partial charge in [-0.05, 0) is 26.1 Å². The highest BCUT2D eigenvalue weighted by Crippen LogP contribution is 1.95. The van der Waals surface area contributed by atoms with E-state index < -0.39 is 0 Å². The molecule has 0 aliphatic carbocycles. The van der Waals surface area contributed by atoms with Gasteiger partial charge in [0, 0.05) is 13.1 Å². The first-order chi connectivity index (χ1) is 5.70. The second-order valence-electron chi connectivity index (χ2n) is 3.42. The Labute approximate surface area is 76.6 Å².